The largest absolute Gasteiger partial charge is 0.480 e. The molecule has 104 valence electrons. The van der Waals surface area contributed by atoms with Gasteiger partial charge in [-0.05, 0) is 11.6 Å². The fraction of sp³-hybridized carbons (Fsp3) is 0.143. The van der Waals surface area contributed by atoms with Crippen LogP contribution in [0.15, 0.2) is 36.4 Å². The Balaban J connectivity index is 2.29. The molecule has 1 heterocycles. The summed E-state index contributed by atoms with van der Waals surface area (Å²) >= 11 is 1.23. The maximum atomic E-state index is 11.4. The van der Waals surface area contributed by atoms with E-state index in [0.717, 1.165) is 10.4 Å². The molecule has 1 amide bonds. The van der Waals surface area contributed by atoms with Crippen LogP contribution in [0, 0.1) is 0 Å². The van der Waals surface area contributed by atoms with Crippen LogP contribution < -0.4 is 10.5 Å². The van der Waals surface area contributed by atoms with E-state index in [4.69, 9.17) is 10.5 Å². The second-order valence-electron chi connectivity index (χ2n) is 3.90. The van der Waals surface area contributed by atoms with Crippen LogP contribution in [0.4, 0.5) is 0 Å². The quantitative estimate of drug-likeness (QED) is 0.855. The summed E-state index contributed by atoms with van der Waals surface area (Å²) < 4.78 is 9.78. The van der Waals surface area contributed by atoms with Gasteiger partial charge in [-0.15, -0.1) is 11.3 Å². The van der Waals surface area contributed by atoms with E-state index >= 15 is 0 Å². The van der Waals surface area contributed by atoms with Gasteiger partial charge in [-0.25, -0.2) is 4.79 Å². The van der Waals surface area contributed by atoms with Crippen molar-refractivity contribution in [2.24, 2.45) is 5.73 Å². The molecule has 0 saturated heterocycles. The molecule has 0 spiro atoms. The van der Waals surface area contributed by atoms with E-state index in [1.54, 1.807) is 6.07 Å². The predicted octanol–water partition coefficient (Wildman–Crippen LogP) is 2.07. The number of hydrogen-bond acceptors (Lipinski definition) is 5. The average molecular weight is 291 g/mol. The summed E-state index contributed by atoms with van der Waals surface area (Å²) in [4.78, 5) is 23.6. The summed E-state index contributed by atoms with van der Waals surface area (Å²) in [5, 5.41) is 0. The number of amides is 1. The molecule has 5 nitrogen and oxygen atoms in total. The smallest absolute Gasteiger partial charge is 0.343 e. The Morgan fingerprint density at radius 1 is 1.25 bits per heavy atom. The molecular weight excluding hydrogens is 278 g/mol. The molecule has 6 heteroatoms. The van der Waals surface area contributed by atoms with E-state index in [-0.39, 0.29) is 11.5 Å². The van der Waals surface area contributed by atoms with Gasteiger partial charge >= 0.3 is 5.97 Å². The van der Waals surface area contributed by atoms with Crippen LogP contribution in [0.3, 0.4) is 0 Å². The van der Waals surface area contributed by atoms with E-state index in [2.05, 4.69) is 4.74 Å². The van der Waals surface area contributed by atoms with Crippen molar-refractivity contribution in [1.29, 1.82) is 0 Å². The number of primary amides is 1. The van der Waals surface area contributed by atoms with Gasteiger partial charge in [-0.2, -0.15) is 0 Å². The second kappa shape index (κ2) is 6.21. The van der Waals surface area contributed by atoms with Crippen molar-refractivity contribution in [3.8, 4) is 16.2 Å². The third kappa shape index (κ3) is 3.16. The minimum Gasteiger partial charge on any atom is -0.480 e. The Kier molecular flexibility index (Phi) is 4.37. The Morgan fingerprint density at radius 2 is 1.95 bits per heavy atom. The summed E-state index contributed by atoms with van der Waals surface area (Å²) in [6.07, 6.45) is 0. The zero-order chi connectivity index (χ0) is 14.5. The first kappa shape index (κ1) is 14.1. The molecule has 0 saturated carbocycles. The van der Waals surface area contributed by atoms with Crippen LogP contribution in [0.5, 0.6) is 5.75 Å². The van der Waals surface area contributed by atoms with E-state index in [1.807, 2.05) is 30.3 Å². The van der Waals surface area contributed by atoms with Gasteiger partial charge in [0.15, 0.2) is 6.61 Å². The molecule has 2 aromatic rings. The Morgan fingerprint density at radius 3 is 2.55 bits per heavy atom. The van der Waals surface area contributed by atoms with Gasteiger partial charge in [0.1, 0.15) is 10.6 Å². The molecule has 2 N–H and O–H groups in total. The second-order valence-corrected chi connectivity index (χ2v) is 4.95. The summed E-state index contributed by atoms with van der Waals surface area (Å²) in [6, 6.07) is 11.2. The molecule has 0 aliphatic carbocycles. The van der Waals surface area contributed by atoms with E-state index in [0.29, 0.717) is 5.75 Å². The maximum absolute atomic E-state index is 11.4. The third-order valence-corrected chi connectivity index (χ3v) is 3.73. The molecule has 1 aromatic carbocycles. The van der Waals surface area contributed by atoms with Crippen molar-refractivity contribution >= 4 is 23.2 Å². The number of hydrogen-bond donors (Lipinski definition) is 1. The third-order valence-electron chi connectivity index (χ3n) is 2.55. The summed E-state index contributed by atoms with van der Waals surface area (Å²) in [5.74, 6) is -0.809. The number of benzene rings is 1. The molecule has 0 unspecified atom stereocenters. The van der Waals surface area contributed by atoms with E-state index in [1.165, 1.54) is 18.4 Å². The number of esters is 1. The highest BCUT2D eigenvalue weighted by molar-refractivity contribution is 7.17. The normalized spacial score (nSPS) is 10.1. The summed E-state index contributed by atoms with van der Waals surface area (Å²) in [7, 11) is 1.27. The lowest BCUT2D eigenvalue weighted by atomic mass is 10.2. The molecule has 2 rings (SSSR count). The fourth-order valence-corrected chi connectivity index (χ4v) is 2.55. The monoisotopic (exact) mass is 291 g/mol. The van der Waals surface area contributed by atoms with Crippen LogP contribution in [-0.4, -0.2) is 25.6 Å². The van der Waals surface area contributed by atoms with Gasteiger partial charge < -0.3 is 15.2 Å². The van der Waals surface area contributed by atoms with Gasteiger partial charge in [0.05, 0.1) is 7.11 Å². The van der Waals surface area contributed by atoms with Crippen molar-refractivity contribution in [3.05, 3.63) is 41.3 Å². The zero-order valence-corrected chi connectivity index (χ0v) is 11.6. The molecule has 0 radical (unpaired) electrons. The number of rotatable bonds is 5. The van der Waals surface area contributed by atoms with Gasteiger partial charge in [0.25, 0.3) is 5.91 Å². The summed E-state index contributed by atoms with van der Waals surface area (Å²) in [6.45, 7) is -0.262. The van der Waals surface area contributed by atoms with E-state index in [9.17, 15) is 9.59 Å². The first-order chi connectivity index (χ1) is 9.61. The Hall–Kier alpha value is -2.34. The SMILES string of the molecule is COC(=O)COc1cc(-c2ccccc2)sc1C(N)=O. The molecule has 0 atom stereocenters. The highest BCUT2D eigenvalue weighted by Crippen LogP contribution is 2.35. The Labute approximate surface area is 119 Å². The van der Waals surface area contributed by atoms with Crippen LogP contribution in [-0.2, 0) is 9.53 Å². The topological polar surface area (TPSA) is 78.6 Å². The van der Waals surface area contributed by atoms with Gasteiger partial charge in [0.2, 0.25) is 0 Å². The molecule has 1 aromatic heterocycles. The van der Waals surface area contributed by atoms with Crippen molar-refractivity contribution < 1.29 is 19.1 Å². The Bertz CT molecular complexity index is 621. The number of nitrogens with two attached hydrogens (primary N) is 1. The standard InChI is InChI=1S/C14H13NO4S/c1-18-12(16)8-19-10-7-11(20-13(10)14(15)17)9-5-3-2-4-6-9/h2-7H,8H2,1H3,(H2,15,17). The highest BCUT2D eigenvalue weighted by Gasteiger charge is 2.17. The van der Waals surface area contributed by atoms with Crippen LogP contribution in [0.2, 0.25) is 0 Å². The minimum atomic E-state index is -0.586. The fourth-order valence-electron chi connectivity index (χ4n) is 1.59. The number of methoxy groups -OCH3 is 1. The molecule has 0 aliphatic rings. The van der Waals surface area contributed by atoms with Gasteiger partial charge in [-0.3, -0.25) is 4.79 Å². The lowest BCUT2D eigenvalue weighted by molar-refractivity contribution is -0.142. The van der Waals surface area contributed by atoms with Crippen LogP contribution in [0.1, 0.15) is 9.67 Å². The molecule has 0 aliphatic heterocycles. The first-order valence-electron chi connectivity index (χ1n) is 5.80. The van der Waals surface area contributed by atoms with Crippen molar-refractivity contribution in [1.82, 2.24) is 0 Å². The number of carbonyl (C=O) groups is 2. The predicted molar refractivity (Wildman–Crippen MR) is 75.8 cm³/mol. The van der Waals surface area contributed by atoms with Crippen molar-refractivity contribution in [2.75, 3.05) is 13.7 Å². The van der Waals surface area contributed by atoms with Crippen molar-refractivity contribution in [2.45, 2.75) is 0 Å². The van der Waals surface area contributed by atoms with Gasteiger partial charge in [-0.1, -0.05) is 30.3 Å². The molecule has 0 fully saturated rings. The lowest BCUT2D eigenvalue weighted by Gasteiger charge is -2.03. The molecule has 0 bridgehead atoms. The minimum absolute atomic E-state index is 0.262. The lowest BCUT2D eigenvalue weighted by Crippen LogP contribution is -2.15. The average Bonchev–Trinajstić information content (AvgIpc) is 2.90. The molecule has 20 heavy (non-hydrogen) atoms. The summed E-state index contributed by atoms with van der Waals surface area (Å²) in [5.41, 5.74) is 6.27. The van der Waals surface area contributed by atoms with E-state index < -0.39 is 11.9 Å². The maximum Gasteiger partial charge on any atom is 0.343 e. The number of thiophene rings is 1. The number of carbonyl (C=O) groups excluding carboxylic acids is 2. The van der Waals surface area contributed by atoms with Crippen molar-refractivity contribution in [3.63, 3.8) is 0 Å². The first-order valence-corrected chi connectivity index (χ1v) is 6.62. The zero-order valence-electron chi connectivity index (χ0n) is 10.8. The van der Waals surface area contributed by atoms with Gasteiger partial charge in [0, 0.05) is 4.88 Å². The molecular formula is C14H13NO4S. The van der Waals surface area contributed by atoms with Crippen LogP contribution in [0.25, 0.3) is 10.4 Å². The number of ether oxygens (including phenoxy) is 2. The highest BCUT2D eigenvalue weighted by atomic mass is 32.1. The van der Waals surface area contributed by atoms with Crippen LogP contribution >= 0.6 is 11.3 Å².